The van der Waals surface area contributed by atoms with Gasteiger partial charge in [0.25, 0.3) is 11.8 Å². The first-order chi connectivity index (χ1) is 13.0. The minimum atomic E-state index is -0.176. The number of aryl methyl sites for hydroxylation is 1. The van der Waals surface area contributed by atoms with Gasteiger partial charge in [-0.15, -0.1) is 12.4 Å². The van der Waals surface area contributed by atoms with Crippen LogP contribution in [0.25, 0.3) is 0 Å². The summed E-state index contributed by atoms with van der Waals surface area (Å²) in [5.74, 6) is -0.106. The molecule has 1 fully saturated rings. The van der Waals surface area contributed by atoms with Crippen LogP contribution in [0.15, 0.2) is 42.5 Å². The molecule has 1 aliphatic heterocycles. The number of benzene rings is 2. The van der Waals surface area contributed by atoms with E-state index in [0.29, 0.717) is 23.4 Å². The fraction of sp³-hybridized carbons (Fsp3) is 0.364. The van der Waals surface area contributed by atoms with Crippen LogP contribution in [0, 0.1) is 6.92 Å². The third kappa shape index (κ3) is 4.91. The van der Waals surface area contributed by atoms with E-state index in [2.05, 4.69) is 12.2 Å². The van der Waals surface area contributed by atoms with Crippen LogP contribution in [0.2, 0.25) is 0 Å². The molecular weight excluding hydrogens is 374 g/mol. The van der Waals surface area contributed by atoms with Crippen LogP contribution in [0.4, 0.5) is 5.69 Å². The van der Waals surface area contributed by atoms with Crippen LogP contribution in [0.1, 0.15) is 58.0 Å². The Hall–Kier alpha value is -2.37. The minimum Gasteiger partial charge on any atom is -0.336 e. The molecule has 2 amide bonds. The van der Waals surface area contributed by atoms with E-state index in [1.54, 1.807) is 18.2 Å². The summed E-state index contributed by atoms with van der Waals surface area (Å²) in [7, 11) is 0. The van der Waals surface area contributed by atoms with Crippen molar-refractivity contribution in [3.63, 3.8) is 0 Å². The lowest BCUT2D eigenvalue weighted by atomic mass is 10.0. The average molecular weight is 402 g/mol. The van der Waals surface area contributed by atoms with E-state index in [-0.39, 0.29) is 30.3 Å². The van der Waals surface area contributed by atoms with Gasteiger partial charge in [0.1, 0.15) is 0 Å². The van der Waals surface area contributed by atoms with Gasteiger partial charge in [-0.2, -0.15) is 0 Å². The zero-order chi connectivity index (χ0) is 19.4. The molecule has 3 N–H and O–H groups in total. The van der Waals surface area contributed by atoms with Gasteiger partial charge in [0.2, 0.25) is 0 Å². The Balaban J connectivity index is 0.00000280. The molecule has 1 aliphatic rings. The van der Waals surface area contributed by atoms with E-state index < -0.39 is 0 Å². The van der Waals surface area contributed by atoms with E-state index in [9.17, 15) is 9.59 Å². The number of nitrogens with zero attached hydrogens (tertiary/aromatic N) is 1. The maximum Gasteiger partial charge on any atom is 0.255 e. The highest BCUT2D eigenvalue weighted by Crippen LogP contribution is 2.22. The van der Waals surface area contributed by atoms with Gasteiger partial charge in [-0.25, -0.2) is 0 Å². The molecule has 3 rings (SSSR count). The fourth-order valence-electron chi connectivity index (χ4n) is 3.49. The number of likely N-dealkylation sites (tertiary alicyclic amines) is 1. The smallest absolute Gasteiger partial charge is 0.255 e. The van der Waals surface area contributed by atoms with Crippen molar-refractivity contribution in [2.24, 2.45) is 5.73 Å². The lowest BCUT2D eigenvalue weighted by Gasteiger charge is -2.33. The molecule has 0 saturated carbocycles. The van der Waals surface area contributed by atoms with Crippen molar-refractivity contribution in [1.82, 2.24) is 4.90 Å². The molecule has 1 atom stereocenters. The molecule has 1 saturated heterocycles. The second-order valence-electron chi connectivity index (χ2n) is 7.23. The molecule has 6 heteroatoms. The summed E-state index contributed by atoms with van der Waals surface area (Å²) in [5.41, 5.74) is 9.41. The second kappa shape index (κ2) is 9.71. The molecular formula is C22H28ClN3O2. The standard InChI is InChI=1S/C22H27N3O2.ClH/c1-15-13-19(22(27)25-12-4-3-5-16(25)2)10-11-20(15)24-21(26)18-8-6-17(14-23)7-9-18;/h6-11,13,16H,3-5,12,14,23H2,1-2H3,(H,24,26);1H. The minimum absolute atomic E-state index is 0. The molecule has 28 heavy (non-hydrogen) atoms. The zero-order valence-electron chi connectivity index (χ0n) is 16.4. The summed E-state index contributed by atoms with van der Waals surface area (Å²) in [6.07, 6.45) is 3.30. The van der Waals surface area contributed by atoms with Gasteiger partial charge in [-0.3, -0.25) is 9.59 Å². The highest BCUT2D eigenvalue weighted by atomic mass is 35.5. The Morgan fingerprint density at radius 2 is 1.79 bits per heavy atom. The molecule has 0 radical (unpaired) electrons. The quantitative estimate of drug-likeness (QED) is 0.808. The van der Waals surface area contributed by atoms with Crippen molar-refractivity contribution >= 4 is 29.9 Å². The first kappa shape index (κ1) is 21.9. The fourth-order valence-corrected chi connectivity index (χ4v) is 3.49. The SMILES string of the molecule is Cc1cc(C(=O)N2CCCCC2C)ccc1NC(=O)c1ccc(CN)cc1.Cl. The van der Waals surface area contributed by atoms with Gasteiger partial charge < -0.3 is 16.0 Å². The Labute approximate surface area is 172 Å². The van der Waals surface area contributed by atoms with Crippen LogP contribution >= 0.6 is 12.4 Å². The number of nitrogens with two attached hydrogens (primary N) is 1. The second-order valence-corrected chi connectivity index (χ2v) is 7.23. The van der Waals surface area contributed by atoms with Crippen molar-refractivity contribution in [2.45, 2.75) is 45.7 Å². The predicted octanol–water partition coefficient (Wildman–Crippen LogP) is 4.14. The first-order valence-corrected chi connectivity index (χ1v) is 9.51. The van der Waals surface area contributed by atoms with Crippen molar-refractivity contribution < 1.29 is 9.59 Å². The van der Waals surface area contributed by atoms with Gasteiger partial charge in [0.05, 0.1) is 0 Å². The van der Waals surface area contributed by atoms with Gasteiger partial charge in [0.15, 0.2) is 0 Å². The number of halogens is 1. The predicted molar refractivity (Wildman–Crippen MR) is 115 cm³/mol. The lowest BCUT2D eigenvalue weighted by molar-refractivity contribution is 0.0635. The van der Waals surface area contributed by atoms with E-state index in [0.717, 1.165) is 30.5 Å². The van der Waals surface area contributed by atoms with Gasteiger partial charge >= 0.3 is 0 Å². The third-order valence-corrected chi connectivity index (χ3v) is 5.24. The zero-order valence-corrected chi connectivity index (χ0v) is 17.2. The maximum atomic E-state index is 12.8. The van der Waals surface area contributed by atoms with Crippen LogP contribution < -0.4 is 11.1 Å². The van der Waals surface area contributed by atoms with E-state index >= 15 is 0 Å². The lowest BCUT2D eigenvalue weighted by Crippen LogP contribution is -2.42. The molecule has 1 heterocycles. The van der Waals surface area contributed by atoms with Crippen LogP contribution in [0.3, 0.4) is 0 Å². The van der Waals surface area contributed by atoms with Gasteiger partial charge in [-0.1, -0.05) is 12.1 Å². The summed E-state index contributed by atoms with van der Waals surface area (Å²) >= 11 is 0. The molecule has 2 aromatic rings. The van der Waals surface area contributed by atoms with Crippen molar-refractivity contribution in [1.29, 1.82) is 0 Å². The Morgan fingerprint density at radius 3 is 2.39 bits per heavy atom. The molecule has 0 spiro atoms. The monoisotopic (exact) mass is 401 g/mol. The Morgan fingerprint density at radius 1 is 1.11 bits per heavy atom. The average Bonchev–Trinajstić information content (AvgIpc) is 2.69. The Kier molecular flexibility index (Phi) is 7.61. The van der Waals surface area contributed by atoms with Crippen LogP contribution in [0.5, 0.6) is 0 Å². The number of amides is 2. The summed E-state index contributed by atoms with van der Waals surface area (Å²) < 4.78 is 0. The molecule has 2 aromatic carbocycles. The number of nitrogens with one attached hydrogen (secondary N) is 1. The molecule has 150 valence electrons. The molecule has 1 unspecified atom stereocenters. The van der Waals surface area contributed by atoms with E-state index in [1.807, 2.05) is 36.1 Å². The molecule has 5 nitrogen and oxygen atoms in total. The number of anilines is 1. The largest absolute Gasteiger partial charge is 0.336 e. The third-order valence-electron chi connectivity index (χ3n) is 5.24. The molecule has 0 aromatic heterocycles. The topological polar surface area (TPSA) is 75.4 Å². The summed E-state index contributed by atoms with van der Waals surface area (Å²) in [6, 6.07) is 13.0. The Bertz CT molecular complexity index is 836. The highest BCUT2D eigenvalue weighted by molar-refractivity contribution is 6.05. The van der Waals surface area contributed by atoms with Crippen LogP contribution in [-0.4, -0.2) is 29.3 Å². The molecule has 0 aliphatic carbocycles. The highest BCUT2D eigenvalue weighted by Gasteiger charge is 2.24. The number of rotatable bonds is 4. The van der Waals surface area contributed by atoms with Crippen molar-refractivity contribution in [2.75, 3.05) is 11.9 Å². The van der Waals surface area contributed by atoms with Crippen LogP contribution in [-0.2, 0) is 6.54 Å². The number of hydrogen-bond acceptors (Lipinski definition) is 3. The summed E-state index contributed by atoms with van der Waals surface area (Å²) in [5, 5.41) is 2.92. The van der Waals surface area contributed by atoms with E-state index in [4.69, 9.17) is 5.73 Å². The van der Waals surface area contributed by atoms with Crippen molar-refractivity contribution in [3.8, 4) is 0 Å². The number of hydrogen-bond donors (Lipinski definition) is 2. The van der Waals surface area contributed by atoms with Crippen molar-refractivity contribution in [3.05, 3.63) is 64.7 Å². The maximum absolute atomic E-state index is 12.8. The molecule has 0 bridgehead atoms. The normalized spacial score (nSPS) is 16.2. The first-order valence-electron chi connectivity index (χ1n) is 9.51. The number of piperidine rings is 1. The number of carbonyl (C=O) groups is 2. The summed E-state index contributed by atoms with van der Waals surface area (Å²) in [6.45, 7) is 5.28. The number of carbonyl (C=O) groups excluding carboxylic acids is 2. The summed E-state index contributed by atoms with van der Waals surface area (Å²) in [4.78, 5) is 27.2. The van der Waals surface area contributed by atoms with Gasteiger partial charge in [-0.05, 0) is 74.6 Å². The van der Waals surface area contributed by atoms with Gasteiger partial charge in [0, 0.05) is 35.9 Å². The van der Waals surface area contributed by atoms with E-state index in [1.165, 1.54) is 6.42 Å².